The van der Waals surface area contributed by atoms with Gasteiger partial charge in [0.15, 0.2) is 5.78 Å². The Morgan fingerprint density at radius 3 is 2.71 bits per heavy atom. The lowest BCUT2D eigenvalue weighted by Gasteiger charge is -2.10. The highest BCUT2D eigenvalue weighted by atomic mass is 32.1. The van der Waals surface area contributed by atoms with Gasteiger partial charge in [-0.1, -0.05) is 26.7 Å². The second-order valence-corrected chi connectivity index (χ2v) is 6.09. The standard InChI is InChI=1S/C13H20N2OS/c1-8(2)12(16)13-10(14)7-11(17-13)15-9-5-3-4-6-9/h7-9,15H,3-6,14H2,1-2H3. The quantitative estimate of drug-likeness (QED) is 0.806. The van der Waals surface area contributed by atoms with Crippen molar-refractivity contribution in [3.05, 3.63) is 10.9 Å². The molecule has 0 unspecified atom stereocenters. The van der Waals surface area contributed by atoms with E-state index in [0.29, 0.717) is 16.6 Å². The fourth-order valence-electron chi connectivity index (χ4n) is 2.20. The zero-order chi connectivity index (χ0) is 12.4. The molecule has 1 aromatic rings. The van der Waals surface area contributed by atoms with Crippen molar-refractivity contribution in [2.45, 2.75) is 45.6 Å². The van der Waals surface area contributed by atoms with E-state index in [4.69, 9.17) is 5.73 Å². The zero-order valence-electron chi connectivity index (χ0n) is 10.5. The lowest BCUT2D eigenvalue weighted by Crippen LogP contribution is -2.13. The average molecular weight is 252 g/mol. The van der Waals surface area contributed by atoms with Gasteiger partial charge >= 0.3 is 0 Å². The Bertz CT molecular complexity index is 406. The van der Waals surface area contributed by atoms with Crippen molar-refractivity contribution in [3.8, 4) is 0 Å². The summed E-state index contributed by atoms with van der Waals surface area (Å²) in [5.41, 5.74) is 6.52. The largest absolute Gasteiger partial charge is 0.397 e. The van der Waals surface area contributed by atoms with Crippen LogP contribution >= 0.6 is 11.3 Å². The maximum Gasteiger partial charge on any atom is 0.177 e. The molecule has 1 aromatic heterocycles. The second-order valence-electron chi connectivity index (χ2n) is 5.04. The monoisotopic (exact) mass is 252 g/mol. The summed E-state index contributed by atoms with van der Waals surface area (Å²) < 4.78 is 0. The molecule has 3 N–H and O–H groups in total. The molecular formula is C13H20N2OS. The Hall–Kier alpha value is -1.03. The molecule has 0 amide bonds. The van der Waals surface area contributed by atoms with Crippen molar-refractivity contribution in [3.63, 3.8) is 0 Å². The van der Waals surface area contributed by atoms with E-state index in [1.54, 1.807) is 0 Å². The zero-order valence-corrected chi connectivity index (χ0v) is 11.3. The molecule has 1 aliphatic rings. The van der Waals surface area contributed by atoms with Crippen LogP contribution in [0.3, 0.4) is 0 Å². The Morgan fingerprint density at radius 2 is 2.12 bits per heavy atom. The van der Waals surface area contributed by atoms with Crippen LogP contribution in [0, 0.1) is 5.92 Å². The number of nitrogens with two attached hydrogens (primary N) is 1. The minimum Gasteiger partial charge on any atom is -0.397 e. The first-order chi connectivity index (χ1) is 8.08. The van der Waals surface area contributed by atoms with Crippen LogP contribution in [0.15, 0.2) is 6.07 Å². The molecule has 4 heteroatoms. The third-order valence-corrected chi connectivity index (χ3v) is 4.31. The number of rotatable bonds is 4. The molecule has 0 aromatic carbocycles. The molecule has 1 heterocycles. The van der Waals surface area contributed by atoms with Crippen LogP contribution in [0.5, 0.6) is 0 Å². The van der Waals surface area contributed by atoms with E-state index in [2.05, 4.69) is 5.32 Å². The van der Waals surface area contributed by atoms with Gasteiger partial charge < -0.3 is 11.1 Å². The Morgan fingerprint density at radius 1 is 1.47 bits per heavy atom. The Kier molecular flexibility index (Phi) is 3.72. The van der Waals surface area contributed by atoms with Gasteiger partial charge in [-0.2, -0.15) is 0 Å². The SMILES string of the molecule is CC(C)C(=O)c1sc(NC2CCCC2)cc1N. The van der Waals surface area contributed by atoms with Crippen molar-refractivity contribution in [1.82, 2.24) is 0 Å². The first-order valence-electron chi connectivity index (χ1n) is 6.28. The summed E-state index contributed by atoms with van der Waals surface area (Å²) in [6, 6.07) is 2.47. The fraction of sp³-hybridized carbons (Fsp3) is 0.615. The molecule has 0 spiro atoms. The van der Waals surface area contributed by atoms with E-state index >= 15 is 0 Å². The highest BCUT2D eigenvalue weighted by Gasteiger charge is 2.20. The number of carbonyl (C=O) groups is 1. The highest BCUT2D eigenvalue weighted by molar-refractivity contribution is 7.18. The predicted molar refractivity (Wildman–Crippen MR) is 73.8 cm³/mol. The minimum atomic E-state index is 0.00952. The molecule has 17 heavy (non-hydrogen) atoms. The van der Waals surface area contributed by atoms with Crippen LogP contribution in [0.25, 0.3) is 0 Å². The van der Waals surface area contributed by atoms with Crippen LogP contribution in [-0.4, -0.2) is 11.8 Å². The van der Waals surface area contributed by atoms with Crippen LogP contribution in [-0.2, 0) is 0 Å². The smallest absolute Gasteiger partial charge is 0.177 e. The third-order valence-electron chi connectivity index (χ3n) is 3.21. The first kappa shape index (κ1) is 12.4. The number of ketones is 1. The van der Waals surface area contributed by atoms with Gasteiger partial charge in [0, 0.05) is 12.0 Å². The lowest BCUT2D eigenvalue weighted by atomic mass is 10.1. The van der Waals surface area contributed by atoms with Gasteiger partial charge in [0.1, 0.15) is 0 Å². The molecule has 0 radical (unpaired) electrons. The van der Waals surface area contributed by atoms with Gasteiger partial charge in [-0.25, -0.2) is 0 Å². The van der Waals surface area contributed by atoms with Gasteiger partial charge in [-0.3, -0.25) is 4.79 Å². The van der Waals surface area contributed by atoms with Crippen LogP contribution < -0.4 is 11.1 Å². The van der Waals surface area contributed by atoms with Gasteiger partial charge in [0.25, 0.3) is 0 Å². The summed E-state index contributed by atoms with van der Waals surface area (Å²) in [6.07, 6.45) is 5.06. The molecule has 0 atom stereocenters. The van der Waals surface area contributed by atoms with Gasteiger partial charge in [-0.15, -0.1) is 11.3 Å². The van der Waals surface area contributed by atoms with E-state index in [9.17, 15) is 4.79 Å². The molecule has 0 aliphatic heterocycles. The molecule has 0 bridgehead atoms. The maximum absolute atomic E-state index is 11.9. The molecule has 2 rings (SSSR count). The molecule has 1 saturated carbocycles. The maximum atomic E-state index is 11.9. The predicted octanol–water partition coefficient (Wildman–Crippen LogP) is 3.52. The van der Waals surface area contributed by atoms with Crippen LogP contribution in [0.4, 0.5) is 10.7 Å². The lowest BCUT2D eigenvalue weighted by molar-refractivity contribution is 0.0944. The summed E-state index contributed by atoms with van der Waals surface area (Å²) in [7, 11) is 0. The van der Waals surface area contributed by atoms with Crippen LogP contribution in [0.2, 0.25) is 0 Å². The number of hydrogen-bond acceptors (Lipinski definition) is 4. The van der Waals surface area contributed by atoms with E-state index in [-0.39, 0.29) is 11.7 Å². The molecule has 0 saturated heterocycles. The van der Waals surface area contributed by atoms with Gasteiger partial charge in [0.05, 0.1) is 15.6 Å². The van der Waals surface area contributed by atoms with E-state index < -0.39 is 0 Å². The summed E-state index contributed by atoms with van der Waals surface area (Å²) in [5, 5.41) is 4.52. The van der Waals surface area contributed by atoms with Crippen molar-refractivity contribution >= 4 is 27.8 Å². The van der Waals surface area contributed by atoms with Gasteiger partial charge in [0.2, 0.25) is 0 Å². The average Bonchev–Trinajstić information content (AvgIpc) is 2.87. The molecule has 1 fully saturated rings. The summed E-state index contributed by atoms with van der Waals surface area (Å²) in [6.45, 7) is 3.82. The molecular weight excluding hydrogens is 232 g/mol. The summed E-state index contributed by atoms with van der Waals surface area (Å²) >= 11 is 1.50. The first-order valence-corrected chi connectivity index (χ1v) is 7.09. The van der Waals surface area contributed by atoms with Crippen molar-refractivity contribution in [2.75, 3.05) is 11.1 Å². The molecule has 3 nitrogen and oxygen atoms in total. The van der Waals surface area contributed by atoms with Gasteiger partial charge in [-0.05, 0) is 18.9 Å². The van der Waals surface area contributed by atoms with E-state index in [1.165, 1.54) is 37.0 Å². The topological polar surface area (TPSA) is 55.1 Å². The normalized spacial score (nSPS) is 16.6. The van der Waals surface area contributed by atoms with E-state index in [0.717, 1.165) is 5.00 Å². The second kappa shape index (κ2) is 5.08. The van der Waals surface area contributed by atoms with E-state index in [1.807, 2.05) is 19.9 Å². The number of thiophene rings is 1. The number of nitrogen functional groups attached to an aromatic ring is 1. The number of hydrogen-bond donors (Lipinski definition) is 2. The third kappa shape index (κ3) is 2.80. The fourth-order valence-corrected chi connectivity index (χ4v) is 3.35. The van der Waals surface area contributed by atoms with Crippen molar-refractivity contribution < 1.29 is 4.79 Å². The molecule has 94 valence electrons. The minimum absolute atomic E-state index is 0.00952. The van der Waals surface area contributed by atoms with Crippen molar-refractivity contribution in [2.24, 2.45) is 5.92 Å². The summed E-state index contributed by atoms with van der Waals surface area (Å²) in [5.74, 6) is 0.155. The highest BCUT2D eigenvalue weighted by Crippen LogP contribution is 2.33. The summed E-state index contributed by atoms with van der Waals surface area (Å²) in [4.78, 5) is 12.6. The molecule has 1 aliphatic carbocycles. The Labute approximate surface area is 106 Å². The number of nitrogens with one attached hydrogen (secondary N) is 1. The van der Waals surface area contributed by atoms with Crippen LogP contribution in [0.1, 0.15) is 49.2 Å². The Balaban J connectivity index is 2.09. The van der Waals surface area contributed by atoms with Crippen molar-refractivity contribution in [1.29, 1.82) is 0 Å². The number of anilines is 2. The number of carbonyl (C=O) groups excluding carboxylic acids is 1. The number of Topliss-reactive ketones (excluding diaryl/α,β-unsaturated/α-hetero) is 1.